The van der Waals surface area contributed by atoms with Crippen LogP contribution in [0.15, 0.2) is 24.3 Å². The molecule has 0 aliphatic heterocycles. The van der Waals surface area contributed by atoms with Crippen molar-refractivity contribution in [3.05, 3.63) is 35.4 Å². The minimum atomic E-state index is -0.339. The van der Waals surface area contributed by atoms with E-state index < -0.39 is 0 Å². The van der Waals surface area contributed by atoms with Crippen molar-refractivity contribution in [2.45, 2.75) is 44.6 Å². The van der Waals surface area contributed by atoms with Crippen LogP contribution in [0.25, 0.3) is 0 Å². The predicted molar refractivity (Wildman–Crippen MR) is 65.3 cm³/mol. The molecule has 2 aliphatic rings. The quantitative estimate of drug-likeness (QED) is 0.800. The van der Waals surface area contributed by atoms with Gasteiger partial charge in [-0.05, 0) is 55.1 Å². The molecule has 1 N–H and O–H groups in total. The molecule has 0 amide bonds. The van der Waals surface area contributed by atoms with Gasteiger partial charge in [0, 0.05) is 0 Å². The van der Waals surface area contributed by atoms with E-state index in [0.717, 1.165) is 23.3 Å². The second-order valence-electron chi connectivity index (χ2n) is 5.62. The van der Waals surface area contributed by atoms with Gasteiger partial charge >= 0.3 is 0 Å². The number of aliphatic hydroxyl groups excluding tert-OH is 1. The maximum atomic E-state index is 9.49. The Balaban J connectivity index is 1.80. The highest BCUT2D eigenvalue weighted by Crippen LogP contribution is 2.52. The molecule has 0 spiro atoms. The zero-order chi connectivity index (χ0) is 11.1. The molecule has 4 atom stereocenters. The lowest BCUT2D eigenvalue weighted by atomic mass is 9.83. The Morgan fingerprint density at radius 3 is 2.38 bits per heavy atom. The number of benzene rings is 1. The highest BCUT2D eigenvalue weighted by atomic mass is 16.3. The van der Waals surface area contributed by atoms with E-state index in [1.807, 2.05) is 6.92 Å². The van der Waals surface area contributed by atoms with Gasteiger partial charge in [0.25, 0.3) is 0 Å². The predicted octanol–water partition coefficient (Wildman–Crippen LogP) is 3.64. The summed E-state index contributed by atoms with van der Waals surface area (Å²) in [4.78, 5) is 0. The first kappa shape index (κ1) is 10.3. The molecule has 86 valence electrons. The molecule has 2 saturated carbocycles. The Morgan fingerprint density at radius 1 is 1.12 bits per heavy atom. The Morgan fingerprint density at radius 2 is 1.88 bits per heavy atom. The van der Waals surface area contributed by atoms with Crippen LogP contribution in [0.5, 0.6) is 0 Å². The van der Waals surface area contributed by atoms with Crippen LogP contribution < -0.4 is 0 Å². The smallest absolute Gasteiger partial charge is 0.0761 e. The molecular weight excluding hydrogens is 196 g/mol. The molecular formula is C15H20O. The summed E-state index contributed by atoms with van der Waals surface area (Å²) in [6, 6.07) is 8.64. The van der Waals surface area contributed by atoms with Crippen molar-refractivity contribution in [2.24, 2.45) is 11.8 Å². The minimum absolute atomic E-state index is 0.339. The van der Waals surface area contributed by atoms with Gasteiger partial charge in [0.1, 0.15) is 0 Å². The highest BCUT2D eigenvalue weighted by Gasteiger charge is 2.39. The van der Waals surface area contributed by atoms with Crippen molar-refractivity contribution in [1.82, 2.24) is 0 Å². The lowest BCUT2D eigenvalue weighted by molar-refractivity contribution is 0.199. The van der Waals surface area contributed by atoms with Crippen molar-refractivity contribution in [3.63, 3.8) is 0 Å². The zero-order valence-electron chi connectivity index (χ0n) is 9.89. The molecule has 0 radical (unpaired) electrons. The monoisotopic (exact) mass is 216 g/mol. The number of fused-ring (bicyclic) bond motifs is 2. The normalized spacial score (nSPS) is 34.2. The summed E-state index contributed by atoms with van der Waals surface area (Å²) in [5, 5.41) is 9.49. The molecule has 2 bridgehead atoms. The van der Waals surface area contributed by atoms with Gasteiger partial charge in [-0.1, -0.05) is 30.7 Å². The average Bonchev–Trinajstić information content (AvgIpc) is 2.91. The average molecular weight is 216 g/mol. The summed E-state index contributed by atoms with van der Waals surface area (Å²) >= 11 is 0. The Hall–Kier alpha value is -0.820. The fourth-order valence-electron chi connectivity index (χ4n) is 3.67. The SMILES string of the molecule is CC(O)c1ccc(C2C[C@@H]3CC[C@H]2C3)cc1. The summed E-state index contributed by atoms with van der Waals surface area (Å²) in [6.07, 6.45) is 5.43. The third-order valence-electron chi connectivity index (χ3n) is 4.59. The molecule has 0 aromatic heterocycles. The van der Waals surface area contributed by atoms with Crippen LogP contribution in [0.4, 0.5) is 0 Å². The molecule has 0 saturated heterocycles. The first-order valence-electron chi connectivity index (χ1n) is 6.52. The van der Waals surface area contributed by atoms with E-state index in [2.05, 4.69) is 24.3 Å². The molecule has 1 heteroatoms. The van der Waals surface area contributed by atoms with Gasteiger partial charge in [-0.25, -0.2) is 0 Å². The van der Waals surface area contributed by atoms with Crippen molar-refractivity contribution in [3.8, 4) is 0 Å². The molecule has 1 aromatic carbocycles. The van der Waals surface area contributed by atoms with Crippen LogP contribution in [0.2, 0.25) is 0 Å². The van der Waals surface area contributed by atoms with Gasteiger partial charge in [-0.3, -0.25) is 0 Å². The topological polar surface area (TPSA) is 20.2 Å². The first-order valence-corrected chi connectivity index (χ1v) is 6.52. The van der Waals surface area contributed by atoms with Crippen molar-refractivity contribution >= 4 is 0 Å². The molecule has 1 nitrogen and oxygen atoms in total. The zero-order valence-corrected chi connectivity index (χ0v) is 9.89. The molecule has 16 heavy (non-hydrogen) atoms. The van der Waals surface area contributed by atoms with Crippen LogP contribution in [0.3, 0.4) is 0 Å². The van der Waals surface area contributed by atoms with E-state index in [9.17, 15) is 5.11 Å². The van der Waals surface area contributed by atoms with E-state index in [1.54, 1.807) is 0 Å². The van der Waals surface area contributed by atoms with Crippen LogP contribution >= 0.6 is 0 Å². The molecule has 2 aliphatic carbocycles. The fraction of sp³-hybridized carbons (Fsp3) is 0.600. The Labute approximate surface area is 97.5 Å². The number of rotatable bonds is 2. The van der Waals surface area contributed by atoms with E-state index in [1.165, 1.54) is 31.2 Å². The molecule has 1 aromatic rings. The van der Waals surface area contributed by atoms with Gasteiger partial charge in [-0.15, -0.1) is 0 Å². The summed E-state index contributed by atoms with van der Waals surface area (Å²) in [7, 11) is 0. The third-order valence-corrected chi connectivity index (χ3v) is 4.59. The molecule has 0 heterocycles. The van der Waals surface area contributed by atoms with Crippen LogP contribution in [-0.2, 0) is 0 Å². The minimum Gasteiger partial charge on any atom is -0.389 e. The maximum Gasteiger partial charge on any atom is 0.0761 e. The van der Waals surface area contributed by atoms with Gasteiger partial charge in [0.15, 0.2) is 0 Å². The molecule has 2 unspecified atom stereocenters. The second kappa shape index (κ2) is 3.89. The van der Waals surface area contributed by atoms with E-state index in [-0.39, 0.29) is 6.10 Å². The number of aliphatic hydroxyl groups is 1. The Kier molecular flexibility index (Phi) is 2.51. The number of hydrogen-bond donors (Lipinski definition) is 1. The maximum absolute atomic E-state index is 9.49. The van der Waals surface area contributed by atoms with Crippen LogP contribution in [0, 0.1) is 11.8 Å². The van der Waals surface area contributed by atoms with Gasteiger partial charge < -0.3 is 5.11 Å². The van der Waals surface area contributed by atoms with Crippen LogP contribution in [-0.4, -0.2) is 5.11 Å². The molecule has 2 fully saturated rings. The third kappa shape index (κ3) is 1.67. The highest BCUT2D eigenvalue weighted by molar-refractivity contribution is 5.28. The number of hydrogen-bond acceptors (Lipinski definition) is 1. The fourth-order valence-corrected chi connectivity index (χ4v) is 3.67. The second-order valence-corrected chi connectivity index (χ2v) is 5.62. The lowest BCUT2D eigenvalue weighted by Crippen LogP contribution is -2.08. The summed E-state index contributed by atoms with van der Waals surface area (Å²) in [5.41, 5.74) is 2.53. The standard InChI is InChI=1S/C15H20O/c1-10(16)12-4-6-13(7-5-12)15-9-11-2-3-14(15)8-11/h4-7,10-11,14-16H,2-3,8-9H2,1H3/t10?,11-,14+,15?/m1/s1. The van der Waals surface area contributed by atoms with Crippen molar-refractivity contribution < 1.29 is 5.11 Å². The van der Waals surface area contributed by atoms with Gasteiger partial charge in [0.2, 0.25) is 0 Å². The van der Waals surface area contributed by atoms with E-state index >= 15 is 0 Å². The van der Waals surface area contributed by atoms with Gasteiger partial charge in [-0.2, -0.15) is 0 Å². The summed E-state index contributed by atoms with van der Waals surface area (Å²) < 4.78 is 0. The first-order chi connectivity index (χ1) is 7.74. The van der Waals surface area contributed by atoms with Crippen molar-refractivity contribution in [1.29, 1.82) is 0 Å². The summed E-state index contributed by atoms with van der Waals surface area (Å²) in [6.45, 7) is 1.83. The van der Waals surface area contributed by atoms with Crippen molar-refractivity contribution in [2.75, 3.05) is 0 Å². The lowest BCUT2D eigenvalue weighted by Gasteiger charge is -2.22. The van der Waals surface area contributed by atoms with Crippen LogP contribution in [0.1, 0.15) is 55.8 Å². The Bertz CT molecular complexity index is 366. The summed E-state index contributed by atoms with van der Waals surface area (Å²) in [5.74, 6) is 2.76. The van der Waals surface area contributed by atoms with E-state index in [0.29, 0.717) is 0 Å². The molecule has 3 rings (SSSR count). The largest absolute Gasteiger partial charge is 0.389 e. The van der Waals surface area contributed by atoms with E-state index in [4.69, 9.17) is 0 Å². The van der Waals surface area contributed by atoms with Gasteiger partial charge in [0.05, 0.1) is 6.10 Å².